The van der Waals surface area contributed by atoms with Gasteiger partial charge < -0.3 is 23.7 Å². The predicted molar refractivity (Wildman–Crippen MR) is 87.0 cm³/mol. The number of hydrogen-bond donors (Lipinski definition) is 0. The average Bonchev–Trinajstić information content (AvgIpc) is 2.50. The van der Waals surface area contributed by atoms with Crippen molar-refractivity contribution in [3.05, 3.63) is 0 Å². The summed E-state index contributed by atoms with van der Waals surface area (Å²) in [7, 11) is 0. The monoisotopic (exact) mass is 389 g/mol. The van der Waals surface area contributed by atoms with Crippen LogP contribution in [0.5, 0.6) is 0 Å². The lowest BCUT2D eigenvalue weighted by Crippen LogP contribution is -2.61. The Balaban J connectivity index is 3.28. The summed E-state index contributed by atoms with van der Waals surface area (Å²) in [5, 5.41) is 2.09. The zero-order valence-electron chi connectivity index (χ0n) is 14.6. The summed E-state index contributed by atoms with van der Waals surface area (Å²) < 4.78 is 26.0. The molecular weight excluding hydrogens is 370 g/mol. The van der Waals surface area contributed by atoms with Crippen LogP contribution in [0.4, 0.5) is 0 Å². The van der Waals surface area contributed by atoms with Crippen LogP contribution < -0.4 is 0 Å². The van der Waals surface area contributed by atoms with Gasteiger partial charge in [0.15, 0.2) is 24.5 Å². The first-order valence-electron chi connectivity index (χ1n) is 7.53. The molecule has 0 bridgehead atoms. The van der Waals surface area contributed by atoms with Crippen LogP contribution in [0, 0.1) is 0 Å². The lowest BCUT2D eigenvalue weighted by atomic mass is 9.97. The van der Waals surface area contributed by atoms with Crippen LogP contribution in [-0.2, 0) is 42.9 Å². The standard InChI is InChI=1S/C15H19NO9S/c1-7(17)21-5-11-12(22-8(2)18)13(23-9(3)19)14(24-10(4)20)15(25-11)16-6-26/h11-15H,5H2,1-4H3/t11?,12-,13?,14?,15+/m0/s1. The Hall–Kier alpha value is -2.36. The largest absolute Gasteiger partial charge is 0.463 e. The highest BCUT2D eigenvalue weighted by atomic mass is 32.1. The Morgan fingerprint density at radius 3 is 1.85 bits per heavy atom. The van der Waals surface area contributed by atoms with Crippen LogP contribution in [0.1, 0.15) is 27.7 Å². The van der Waals surface area contributed by atoms with E-state index in [-0.39, 0.29) is 6.61 Å². The maximum atomic E-state index is 11.5. The smallest absolute Gasteiger partial charge is 0.303 e. The first-order chi connectivity index (χ1) is 12.1. The molecule has 3 unspecified atom stereocenters. The first-order valence-corrected chi connectivity index (χ1v) is 7.94. The van der Waals surface area contributed by atoms with Gasteiger partial charge in [0.25, 0.3) is 0 Å². The van der Waals surface area contributed by atoms with Gasteiger partial charge in [-0.3, -0.25) is 19.2 Å². The van der Waals surface area contributed by atoms with E-state index in [1.807, 2.05) is 0 Å². The Morgan fingerprint density at radius 2 is 1.38 bits per heavy atom. The van der Waals surface area contributed by atoms with Gasteiger partial charge in [0.2, 0.25) is 0 Å². The summed E-state index contributed by atoms with van der Waals surface area (Å²) >= 11 is 4.55. The number of isothiocyanates is 1. The van der Waals surface area contributed by atoms with Crippen molar-refractivity contribution in [2.24, 2.45) is 4.99 Å². The molecule has 0 N–H and O–H groups in total. The third-order valence-electron chi connectivity index (χ3n) is 3.15. The first kappa shape index (κ1) is 21.7. The van der Waals surface area contributed by atoms with E-state index < -0.39 is 54.5 Å². The van der Waals surface area contributed by atoms with E-state index in [2.05, 4.69) is 22.4 Å². The second kappa shape index (κ2) is 9.95. The molecular formula is C15H19NO9S. The van der Waals surface area contributed by atoms with Gasteiger partial charge in [0, 0.05) is 27.7 Å². The molecule has 0 aromatic heterocycles. The van der Waals surface area contributed by atoms with Gasteiger partial charge in [-0.05, 0) is 12.2 Å². The molecule has 5 atom stereocenters. The molecule has 0 spiro atoms. The molecule has 1 aliphatic heterocycles. The van der Waals surface area contributed by atoms with E-state index in [0.29, 0.717) is 0 Å². The number of aliphatic imine (C=N–C) groups is 1. The molecule has 1 heterocycles. The molecule has 0 aliphatic carbocycles. The third-order valence-corrected chi connectivity index (χ3v) is 3.25. The molecule has 10 nitrogen and oxygen atoms in total. The van der Waals surface area contributed by atoms with Gasteiger partial charge in [0.05, 0.1) is 5.16 Å². The van der Waals surface area contributed by atoms with Crippen LogP contribution in [0.3, 0.4) is 0 Å². The minimum Gasteiger partial charge on any atom is -0.463 e. The number of esters is 4. The molecule has 1 aliphatic rings. The highest BCUT2D eigenvalue weighted by molar-refractivity contribution is 7.78. The van der Waals surface area contributed by atoms with E-state index in [9.17, 15) is 19.2 Å². The highest BCUT2D eigenvalue weighted by Crippen LogP contribution is 2.29. The van der Waals surface area contributed by atoms with Crippen LogP contribution >= 0.6 is 12.2 Å². The zero-order chi connectivity index (χ0) is 19.9. The Labute approximate surface area is 154 Å². The summed E-state index contributed by atoms with van der Waals surface area (Å²) in [6.45, 7) is 4.26. The summed E-state index contributed by atoms with van der Waals surface area (Å²) in [6, 6.07) is 0. The van der Waals surface area contributed by atoms with Gasteiger partial charge in [-0.2, -0.15) is 4.99 Å². The minimum atomic E-state index is -1.26. The molecule has 0 aromatic rings. The van der Waals surface area contributed by atoms with Gasteiger partial charge in [-0.15, -0.1) is 0 Å². The lowest BCUT2D eigenvalue weighted by molar-refractivity contribution is -0.250. The molecule has 11 heteroatoms. The van der Waals surface area contributed by atoms with Crippen molar-refractivity contribution in [1.29, 1.82) is 0 Å². The molecule has 1 fully saturated rings. The second-order valence-electron chi connectivity index (χ2n) is 5.31. The van der Waals surface area contributed by atoms with Crippen molar-refractivity contribution in [2.75, 3.05) is 6.61 Å². The second-order valence-corrected chi connectivity index (χ2v) is 5.49. The van der Waals surface area contributed by atoms with Crippen molar-refractivity contribution in [1.82, 2.24) is 0 Å². The van der Waals surface area contributed by atoms with Crippen LogP contribution in [0.25, 0.3) is 0 Å². The van der Waals surface area contributed by atoms with Crippen molar-refractivity contribution in [2.45, 2.75) is 58.3 Å². The topological polar surface area (TPSA) is 127 Å². The zero-order valence-corrected chi connectivity index (χ0v) is 15.4. The molecule has 0 amide bonds. The number of thiocarbonyl (C=S) groups is 1. The molecule has 0 aromatic carbocycles. The number of ether oxygens (including phenoxy) is 5. The quantitative estimate of drug-likeness (QED) is 0.268. The lowest BCUT2D eigenvalue weighted by Gasteiger charge is -2.42. The van der Waals surface area contributed by atoms with Gasteiger partial charge in [0.1, 0.15) is 12.7 Å². The number of rotatable bonds is 6. The number of carbonyl (C=O) groups excluding carboxylic acids is 4. The Morgan fingerprint density at radius 1 is 0.885 bits per heavy atom. The molecule has 144 valence electrons. The van der Waals surface area contributed by atoms with E-state index >= 15 is 0 Å². The van der Waals surface area contributed by atoms with Gasteiger partial charge >= 0.3 is 23.9 Å². The van der Waals surface area contributed by atoms with Crippen molar-refractivity contribution in [3.63, 3.8) is 0 Å². The summed E-state index contributed by atoms with van der Waals surface area (Å²) in [4.78, 5) is 49.3. The maximum absolute atomic E-state index is 11.5. The minimum absolute atomic E-state index is 0.318. The molecule has 0 radical (unpaired) electrons. The normalized spacial score (nSPS) is 27.5. The van der Waals surface area contributed by atoms with E-state index in [1.165, 1.54) is 6.92 Å². The van der Waals surface area contributed by atoms with Crippen molar-refractivity contribution in [3.8, 4) is 0 Å². The van der Waals surface area contributed by atoms with Gasteiger partial charge in [-0.25, -0.2) is 0 Å². The summed E-state index contributed by atoms with van der Waals surface area (Å²) in [5.74, 6) is -2.74. The number of nitrogens with zero attached hydrogens (tertiary/aromatic N) is 1. The fraction of sp³-hybridized carbons (Fsp3) is 0.667. The summed E-state index contributed by atoms with van der Waals surface area (Å²) in [6.07, 6.45) is -5.96. The van der Waals surface area contributed by atoms with Gasteiger partial charge in [-0.1, -0.05) is 0 Å². The fourth-order valence-corrected chi connectivity index (χ4v) is 2.47. The van der Waals surface area contributed by atoms with Crippen LogP contribution in [-0.4, -0.2) is 66.3 Å². The number of hydrogen-bond acceptors (Lipinski definition) is 11. The Kier molecular flexibility index (Phi) is 8.30. The van der Waals surface area contributed by atoms with Crippen LogP contribution in [0.2, 0.25) is 0 Å². The molecule has 1 saturated heterocycles. The highest BCUT2D eigenvalue weighted by Gasteiger charge is 2.52. The van der Waals surface area contributed by atoms with Crippen molar-refractivity contribution < 1.29 is 42.9 Å². The van der Waals surface area contributed by atoms with E-state index in [4.69, 9.17) is 23.7 Å². The molecule has 0 saturated carbocycles. The summed E-state index contributed by atoms with van der Waals surface area (Å²) in [5.41, 5.74) is 0. The molecule has 26 heavy (non-hydrogen) atoms. The Bertz CT molecular complexity index is 616. The van der Waals surface area contributed by atoms with Crippen molar-refractivity contribution >= 4 is 41.3 Å². The average molecular weight is 389 g/mol. The molecule has 1 rings (SSSR count). The fourth-order valence-electron chi connectivity index (χ4n) is 2.36. The SMILES string of the molecule is CC(=O)OCC1O[C@@H](N=C=S)C(OC(C)=O)C(OC(C)=O)[C@H]1OC(C)=O. The van der Waals surface area contributed by atoms with E-state index in [0.717, 1.165) is 20.8 Å². The van der Waals surface area contributed by atoms with Crippen LogP contribution in [0.15, 0.2) is 4.99 Å². The van der Waals surface area contributed by atoms with E-state index in [1.54, 1.807) is 0 Å². The maximum Gasteiger partial charge on any atom is 0.303 e. The predicted octanol–water partition coefficient (Wildman–Crippen LogP) is 0.172. The third kappa shape index (κ3) is 6.51. The number of carbonyl (C=O) groups is 4.